The van der Waals surface area contributed by atoms with Gasteiger partial charge in [-0.1, -0.05) is 106 Å². The van der Waals surface area contributed by atoms with Crippen molar-refractivity contribution in [2.45, 2.75) is 157 Å². The monoisotopic (exact) mass is 499 g/mol. The van der Waals surface area contributed by atoms with E-state index in [9.17, 15) is 0 Å². The molecule has 36 heavy (non-hydrogen) atoms. The Morgan fingerprint density at radius 3 is 1.08 bits per heavy atom. The third kappa shape index (κ3) is 7.34. The van der Waals surface area contributed by atoms with Crippen LogP contribution >= 0.6 is 0 Å². The van der Waals surface area contributed by atoms with Crippen LogP contribution in [0.4, 0.5) is 0 Å². The summed E-state index contributed by atoms with van der Waals surface area (Å²) in [7, 11) is 0. The maximum Gasteiger partial charge on any atom is -0.0355 e. The number of hydrogen-bond donors (Lipinski definition) is 0. The molecule has 0 amide bonds. The SMILES string of the molecule is CC(C)C1CC2CCCCC2C1.CC(C)C1CCC2CCCCC21.CC(C)C1CCC2CCCCC21. The van der Waals surface area contributed by atoms with Crippen molar-refractivity contribution in [3.8, 4) is 0 Å². The third-order valence-corrected chi connectivity index (χ3v) is 12.7. The van der Waals surface area contributed by atoms with Gasteiger partial charge in [0, 0.05) is 0 Å². The minimum atomic E-state index is 0.940. The topological polar surface area (TPSA) is 0 Å². The zero-order valence-corrected chi connectivity index (χ0v) is 25.7. The average molecular weight is 499 g/mol. The van der Waals surface area contributed by atoms with E-state index in [1.165, 1.54) is 51.4 Å². The van der Waals surface area contributed by atoms with E-state index in [1.54, 1.807) is 64.2 Å². The minimum Gasteiger partial charge on any atom is -0.0625 e. The van der Waals surface area contributed by atoms with Crippen LogP contribution in [0, 0.1) is 71.0 Å². The third-order valence-electron chi connectivity index (χ3n) is 12.7. The molecule has 0 bridgehead atoms. The van der Waals surface area contributed by atoms with Crippen LogP contribution in [0.15, 0.2) is 0 Å². The van der Waals surface area contributed by atoms with Gasteiger partial charge in [-0.2, -0.15) is 0 Å². The van der Waals surface area contributed by atoms with Crippen molar-refractivity contribution in [3.05, 3.63) is 0 Å². The van der Waals surface area contributed by atoms with Crippen molar-refractivity contribution in [3.63, 3.8) is 0 Å². The quantitative estimate of drug-likeness (QED) is 0.363. The molecule has 0 aromatic rings. The largest absolute Gasteiger partial charge is 0.0625 e. The first-order valence-electron chi connectivity index (χ1n) is 17.3. The molecule has 6 rings (SSSR count). The van der Waals surface area contributed by atoms with E-state index in [1.807, 2.05) is 0 Å². The Hall–Kier alpha value is 0. The van der Waals surface area contributed by atoms with Crippen molar-refractivity contribution in [1.82, 2.24) is 0 Å². The van der Waals surface area contributed by atoms with Gasteiger partial charge in [-0.3, -0.25) is 0 Å². The van der Waals surface area contributed by atoms with Crippen LogP contribution in [0.1, 0.15) is 157 Å². The summed E-state index contributed by atoms with van der Waals surface area (Å²) < 4.78 is 0. The standard InChI is InChI=1S/3C12H22/c1-9(2)12-7-10-5-3-4-6-11(10)8-12;2*1-9(2)11-8-7-10-5-3-4-6-12(10)11/h3*9-12H,3-8H2,1-2H3. The zero-order valence-electron chi connectivity index (χ0n) is 25.7. The van der Waals surface area contributed by atoms with Gasteiger partial charge < -0.3 is 0 Å². The van der Waals surface area contributed by atoms with Crippen molar-refractivity contribution >= 4 is 0 Å². The van der Waals surface area contributed by atoms with Gasteiger partial charge >= 0.3 is 0 Å². The van der Waals surface area contributed by atoms with Gasteiger partial charge in [-0.15, -0.1) is 0 Å². The summed E-state index contributed by atoms with van der Waals surface area (Å²) in [6.07, 6.45) is 27.7. The van der Waals surface area contributed by atoms with Gasteiger partial charge in [-0.05, 0) is 122 Å². The van der Waals surface area contributed by atoms with E-state index in [0.717, 1.165) is 71.0 Å². The van der Waals surface area contributed by atoms with Gasteiger partial charge in [0.05, 0.1) is 0 Å². The highest BCUT2D eigenvalue weighted by molar-refractivity contribution is 4.90. The molecular formula is C36H66. The Labute approximate surface area is 227 Å². The van der Waals surface area contributed by atoms with Crippen LogP contribution < -0.4 is 0 Å². The van der Waals surface area contributed by atoms with E-state index in [4.69, 9.17) is 0 Å². The van der Waals surface area contributed by atoms with E-state index in [2.05, 4.69) is 41.5 Å². The molecule has 0 N–H and O–H groups in total. The highest BCUT2D eigenvalue weighted by Gasteiger charge is 2.39. The normalized spacial score (nSPS) is 41.8. The Bertz CT molecular complexity index is 562. The number of fused-ring (bicyclic) bond motifs is 3. The summed E-state index contributed by atoms with van der Waals surface area (Å²) in [5, 5.41) is 0. The van der Waals surface area contributed by atoms with Crippen molar-refractivity contribution in [1.29, 1.82) is 0 Å². The van der Waals surface area contributed by atoms with Crippen LogP contribution in [-0.4, -0.2) is 0 Å². The zero-order chi connectivity index (χ0) is 25.7. The molecule has 0 aromatic heterocycles. The Kier molecular flexibility index (Phi) is 11.2. The first-order chi connectivity index (χ1) is 17.3. The lowest BCUT2D eigenvalue weighted by atomic mass is 9.75. The van der Waals surface area contributed by atoms with Crippen LogP contribution in [0.25, 0.3) is 0 Å². The van der Waals surface area contributed by atoms with Gasteiger partial charge in [0.25, 0.3) is 0 Å². The van der Waals surface area contributed by atoms with E-state index in [-0.39, 0.29) is 0 Å². The molecule has 0 saturated heterocycles. The summed E-state index contributed by atoms with van der Waals surface area (Å²) in [6, 6.07) is 0. The van der Waals surface area contributed by atoms with Crippen molar-refractivity contribution < 1.29 is 0 Å². The first kappa shape index (κ1) is 29.0. The number of rotatable bonds is 3. The molecule has 210 valence electrons. The Morgan fingerprint density at radius 2 is 0.722 bits per heavy atom. The molecule has 8 unspecified atom stereocenters. The average Bonchev–Trinajstić information content (AvgIpc) is 3.61. The van der Waals surface area contributed by atoms with Crippen LogP contribution in [0.2, 0.25) is 0 Å². The Morgan fingerprint density at radius 1 is 0.361 bits per heavy atom. The maximum absolute atomic E-state index is 2.42. The second-order valence-electron chi connectivity index (χ2n) is 15.7. The van der Waals surface area contributed by atoms with Gasteiger partial charge in [0.15, 0.2) is 0 Å². The smallest absolute Gasteiger partial charge is 0.0355 e. The fraction of sp³-hybridized carbons (Fsp3) is 1.00. The van der Waals surface area contributed by atoms with E-state index >= 15 is 0 Å². The molecule has 0 spiro atoms. The molecule has 6 saturated carbocycles. The molecule has 6 aliphatic rings. The molecule has 0 aliphatic heterocycles. The fourth-order valence-electron chi connectivity index (χ4n) is 10.5. The molecule has 0 heterocycles. The molecular weight excluding hydrogens is 432 g/mol. The fourth-order valence-corrected chi connectivity index (χ4v) is 10.5. The Balaban J connectivity index is 0.000000127. The number of hydrogen-bond acceptors (Lipinski definition) is 0. The molecule has 8 atom stereocenters. The maximum atomic E-state index is 2.42. The molecule has 0 aromatic carbocycles. The molecule has 0 radical (unpaired) electrons. The van der Waals surface area contributed by atoms with Crippen molar-refractivity contribution in [2.75, 3.05) is 0 Å². The predicted molar refractivity (Wildman–Crippen MR) is 159 cm³/mol. The minimum absolute atomic E-state index is 0.940. The van der Waals surface area contributed by atoms with Crippen LogP contribution in [0.5, 0.6) is 0 Å². The molecule has 0 heteroatoms. The summed E-state index contributed by atoms with van der Waals surface area (Å²) in [5.41, 5.74) is 0. The van der Waals surface area contributed by atoms with Crippen LogP contribution in [-0.2, 0) is 0 Å². The van der Waals surface area contributed by atoms with Gasteiger partial charge in [0.1, 0.15) is 0 Å². The highest BCUT2D eigenvalue weighted by atomic mass is 14.4. The van der Waals surface area contributed by atoms with Crippen molar-refractivity contribution in [2.24, 2.45) is 71.0 Å². The second kappa shape index (κ2) is 13.9. The summed E-state index contributed by atoms with van der Waals surface area (Å²) in [6.45, 7) is 14.5. The van der Waals surface area contributed by atoms with E-state index in [0.29, 0.717) is 0 Å². The second-order valence-corrected chi connectivity index (χ2v) is 15.7. The van der Waals surface area contributed by atoms with Crippen LogP contribution in [0.3, 0.4) is 0 Å². The lowest BCUT2D eigenvalue weighted by Crippen LogP contribution is -2.22. The van der Waals surface area contributed by atoms with E-state index < -0.39 is 0 Å². The summed E-state index contributed by atoms with van der Waals surface area (Å²) >= 11 is 0. The summed E-state index contributed by atoms with van der Waals surface area (Å²) in [4.78, 5) is 0. The lowest BCUT2D eigenvalue weighted by molar-refractivity contribution is 0.193. The lowest BCUT2D eigenvalue weighted by Gasteiger charge is -2.31. The van der Waals surface area contributed by atoms with Gasteiger partial charge in [-0.25, -0.2) is 0 Å². The first-order valence-corrected chi connectivity index (χ1v) is 17.3. The molecule has 6 aliphatic carbocycles. The highest BCUT2D eigenvalue weighted by Crippen LogP contribution is 2.50. The summed E-state index contributed by atoms with van der Waals surface area (Å²) in [5.74, 6) is 12.8. The van der Waals surface area contributed by atoms with Gasteiger partial charge in [0.2, 0.25) is 0 Å². The molecule has 0 nitrogen and oxygen atoms in total. The predicted octanol–water partition coefficient (Wildman–Crippen LogP) is 11.6. The molecule has 6 fully saturated rings.